The van der Waals surface area contributed by atoms with Crippen LogP contribution in [0.3, 0.4) is 0 Å². The van der Waals surface area contributed by atoms with Gasteiger partial charge in [0.1, 0.15) is 17.5 Å². The molecule has 0 aliphatic heterocycles. The molecule has 20 heavy (non-hydrogen) atoms. The summed E-state index contributed by atoms with van der Waals surface area (Å²) in [4.78, 5) is 11.3. The van der Waals surface area contributed by atoms with Crippen molar-refractivity contribution in [3.8, 4) is 0 Å². The molecule has 0 aliphatic carbocycles. The molecule has 0 radical (unpaired) electrons. The molecular weight excluding hydrogens is 252 g/mol. The van der Waals surface area contributed by atoms with Gasteiger partial charge in [0, 0.05) is 32.8 Å². The maximum Gasteiger partial charge on any atom is 0.134 e. The van der Waals surface area contributed by atoms with Gasteiger partial charge in [-0.15, -0.1) is 0 Å². The summed E-state index contributed by atoms with van der Waals surface area (Å²) in [5, 5.41) is 3.33. The Bertz CT molecular complexity index is 395. The average molecular weight is 280 g/mol. The SMILES string of the molecule is CCCNc1cc(N(CCOC)CC(C)C)nc(C)n1. The maximum atomic E-state index is 5.20. The second-order valence-electron chi connectivity index (χ2n) is 5.42. The second-order valence-corrected chi connectivity index (χ2v) is 5.42. The zero-order valence-electron chi connectivity index (χ0n) is 13.4. The van der Waals surface area contributed by atoms with E-state index in [9.17, 15) is 0 Å². The van der Waals surface area contributed by atoms with E-state index in [0.717, 1.165) is 43.5 Å². The standard InChI is InChI=1S/C15H28N4O/c1-6-7-16-14-10-15(18-13(4)17-14)19(8-9-20-5)11-12(2)3/h10,12H,6-9,11H2,1-5H3,(H,16,17,18). The van der Waals surface area contributed by atoms with Crippen LogP contribution in [0.2, 0.25) is 0 Å². The van der Waals surface area contributed by atoms with Gasteiger partial charge >= 0.3 is 0 Å². The molecule has 1 N–H and O–H groups in total. The molecule has 114 valence electrons. The highest BCUT2D eigenvalue weighted by molar-refractivity contribution is 5.49. The summed E-state index contributed by atoms with van der Waals surface area (Å²) in [6, 6.07) is 2.03. The summed E-state index contributed by atoms with van der Waals surface area (Å²) in [5.74, 6) is 3.25. The Labute approximate surface area is 122 Å². The van der Waals surface area contributed by atoms with Crippen LogP contribution in [-0.4, -0.2) is 43.3 Å². The van der Waals surface area contributed by atoms with E-state index in [-0.39, 0.29) is 0 Å². The summed E-state index contributed by atoms with van der Waals surface area (Å²) in [5.41, 5.74) is 0. The van der Waals surface area contributed by atoms with Crippen molar-refractivity contribution in [3.63, 3.8) is 0 Å². The summed E-state index contributed by atoms with van der Waals surface area (Å²) in [7, 11) is 1.73. The molecule has 0 amide bonds. The van der Waals surface area contributed by atoms with Crippen molar-refractivity contribution in [2.45, 2.75) is 34.1 Å². The monoisotopic (exact) mass is 280 g/mol. The fraction of sp³-hybridized carbons (Fsp3) is 0.733. The minimum absolute atomic E-state index is 0.578. The quantitative estimate of drug-likeness (QED) is 0.753. The molecule has 0 aromatic carbocycles. The molecule has 1 heterocycles. The van der Waals surface area contributed by atoms with Gasteiger partial charge in [-0.2, -0.15) is 0 Å². The van der Waals surface area contributed by atoms with Gasteiger partial charge in [0.05, 0.1) is 6.61 Å². The van der Waals surface area contributed by atoms with Gasteiger partial charge < -0.3 is 15.0 Å². The average Bonchev–Trinajstić information content (AvgIpc) is 2.40. The van der Waals surface area contributed by atoms with Crippen LogP contribution in [0.15, 0.2) is 6.07 Å². The first-order valence-electron chi connectivity index (χ1n) is 7.40. The predicted molar refractivity (Wildman–Crippen MR) is 84.5 cm³/mol. The number of nitrogens with zero attached hydrogens (tertiary/aromatic N) is 3. The van der Waals surface area contributed by atoms with Gasteiger partial charge in [0.2, 0.25) is 0 Å². The third kappa shape index (κ3) is 5.74. The Balaban J connectivity index is 2.89. The first-order valence-corrected chi connectivity index (χ1v) is 7.40. The number of hydrogen-bond acceptors (Lipinski definition) is 5. The van der Waals surface area contributed by atoms with E-state index < -0.39 is 0 Å². The number of aryl methyl sites for hydroxylation is 1. The van der Waals surface area contributed by atoms with Crippen LogP contribution in [-0.2, 0) is 4.74 Å². The topological polar surface area (TPSA) is 50.3 Å². The zero-order valence-corrected chi connectivity index (χ0v) is 13.4. The van der Waals surface area contributed by atoms with Crippen molar-refractivity contribution in [1.82, 2.24) is 9.97 Å². The molecule has 0 aliphatic rings. The van der Waals surface area contributed by atoms with Crippen LogP contribution in [0.5, 0.6) is 0 Å². The lowest BCUT2D eigenvalue weighted by atomic mass is 10.2. The Kier molecular flexibility index (Phi) is 7.30. The van der Waals surface area contributed by atoms with Crippen molar-refractivity contribution in [3.05, 3.63) is 11.9 Å². The minimum Gasteiger partial charge on any atom is -0.383 e. The van der Waals surface area contributed by atoms with Gasteiger partial charge in [-0.1, -0.05) is 20.8 Å². The molecule has 0 unspecified atom stereocenters. The Morgan fingerprint density at radius 1 is 1.35 bits per heavy atom. The summed E-state index contributed by atoms with van der Waals surface area (Å²) in [6.45, 7) is 11.9. The molecule has 0 fully saturated rings. The van der Waals surface area contributed by atoms with Crippen LogP contribution < -0.4 is 10.2 Å². The zero-order chi connectivity index (χ0) is 15.0. The molecule has 1 rings (SSSR count). The van der Waals surface area contributed by atoms with E-state index in [0.29, 0.717) is 12.5 Å². The first-order chi connectivity index (χ1) is 9.56. The Morgan fingerprint density at radius 3 is 2.70 bits per heavy atom. The Hall–Kier alpha value is -1.36. The van der Waals surface area contributed by atoms with Crippen molar-refractivity contribution < 1.29 is 4.74 Å². The lowest BCUT2D eigenvalue weighted by molar-refractivity contribution is 0.204. The molecular formula is C15H28N4O. The third-order valence-electron chi connectivity index (χ3n) is 2.86. The van der Waals surface area contributed by atoms with Gasteiger partial charge in [-0.3, -0.25) is 0 Å². The second kappa shape index (κ2) is 8.74. The van der Waals surface area contributed by atoms with Crippen molar-refractivity contribution in [2.24, 2.45) is 5.92 Å². The van der Waals surface area contributed by atoms with Gasteiger partial charge in [-0.25, -0.2) is 9.97 Å². The highest BCUT2D eigenvalue weighted by Crippen LogP contribution is 2.17. The van der Waals surface area contributed by atoms with Crippen LogP contribution in [0.1, 0.15) is 33.0 Å². The molecule has 0 bridgehead atoms. The molecule has 0 saturated carbocycles. The third-order valence-corrected chi connectivity index (χ3v) is 2.86. The number of rotatable bonds is 9. The van der Waals surface area contributed by atoms with E-state index in [1.54, 1.807) is 7.11 Å². The summed E-state index contributed by atoms with van der Waals surface area (Å²) in [6.07, 6.45) is 1.08. The van der Waals surface area contributed by atoms with Crippen LogP contribution in [0.25, 0.3) is 0 Å². The molecule has 1 aromatic rings. The lowest BCUT2D eigenvalue weighted by Gasteiger charge is -2.26. The van der Waals surface area contributed by atoms with Crippen molar-refractivity contribution in [1.29, 1.82) is 0 Å². The molecule has 5 nitrogen and oxygen atoms in total. The fourth-order valence-electron chi connectivity index (χ4n) is 2.00. The molecule has 5 heteroatoms. The first kappa shape index (κ1) is 16.7. The predicted octanol–water partition coefficient (Wildman–Crippen LogP) is 2.72. The number of methoxy groups -OCH3 is 1. The highest BCUT2D eigenvalue weighted by atomic mass is 16.5. The van der Waals surface area contributed by atoms with Gasteiger partial charge in [0.15, 0.2) is 0 Å². The van der Waals surface area contributed by atoms with Gasteiger partial charge in [-0.05, 0) is 19.3 Å². The van der Waals surface area contributed by atoms with Gasteiger partial charge in [0.25, 0.3) is 0 Å². The fourth-order valence-corrected chi connectivity index (χ4v) is 2.00. The number of anilines is 2. The normalized spacial score (nSPS) is 10.9. The number of hydrogen-bond donors (Lipinski definition) is 1. The summed E-state index contributed by atoms with van der Waals surface area (Å²) < 4.78 is 5.20. The molecule has 1 aromatic heterocycles. The molecule has 0 atom stereocenters. The van der Waals surface area contributed by atoms with E-state index >= 15 is 0 Å². The van der Waals surface area contributed by atoms with Crippen LogP contribution >= 0.6 is 0 Å². The number of ether oxygens (including phenoxy) is 1. The summed E-state index contributed by atoms with van der Waals surface area (Å²) >= 11 is 0. The smallest absolute Gasteiger partial charge is 0.134 e. The van der Waals surface area contributed by atoms with E-state index in [1.807, 2.05) is 13.0 Å². The van der Waals surface area contributed by atoms with Crippen molar-refractivity contribution >= 4 is 11.6 Å². The van der Waals surface area contributed by atoms with Crippen LogP contribution in [0, 0.1) is 12.8 Å². The van der Waals surface area contributed by atoms with E-state index in [2.05, 4.69) is 41.0 Å². The van der Waals surface area contributed by atoms with E-state index in [1.165, 1.54) is 0 Å². The largest absolute Gasteiger partial charge is 0.383 e. The van der Waals surface area contributed by atoms with Crippen LogP contribution in [0.4, 0.5) is 11.6 Å². The highest BCUT2D eigenvalue weighted by Gasteiger charge is 2.12. The maximum absolute atomic E-state index is 5.20. The Morgan fingerprint density at radius 2 is 2.10 bits per heavy atom. The number of nitrogens with one attached hydrogen (secondary N) is 1. The molecule has 0 saturated heterocycles. The lowest BCUT2D eigenvalue weighted by Crippen LogP contribution is -2.32. The number of aromatic nitrogens is 2. The minimum atomic E-state index is 0.578. The molecule has 0 spiro atoms. The van der Waals surface area contributed by atoms with E-state index in [4.69, 9.17) is 4.74 Å². The van der Waals surface area contributed by atoms with Crippen molar-refractivity contribution in [2.75, 3.05) is 43.6 Å².